The van der Waals surface area contributed by atoms with E-state index in [0.29, 0.717) is 37.1 Å². The Balaban J connectivity index is 1.51. The van der Waals surface area contributed by atoms with Gasteiger partial charge in [-0.05, 0) is 19.1 Å². The summed E-state index contributed by atoms with van der Waals surface area (Å²) >= 11 is 6.80. The minimum Gasteiger partial charge on any atom is -0.360 e. The molecule has 3 rings (SSSR count). The van der Waals surface area contributed by atoms with Crippen LogP contribution in [0.25, 0.3) is 0 Å². The van der Waals surface area contributed by atoms with Crippen molar-refractivity contribution in [3.63, 3.8) is 0 Å². The van der Waals surface area contributed by atoms with Crippen molar-refractivity contribution in [1.29, 1.82) is 0 Å². The number of rotatable bonds is 6. The molecule has 2 aromatic rings. The minimum atomic E-state index is -3.71. The van der Waals surface area contributed by atoms with Gasteiger partial charge >= 0.3 is 0 Å². The van der Waals surface area contributed by atoms with Crippen LogP contribution in [0.2, 0.25) is 4.34 Å². The number of halogens is 1. The Bertz CT molecular complexity index is 903. The zero-order chi connectivity index (χ0) is 19.6. The number of carbonyl (C=O) groups excluding carboxylic acids is 1. The Morgan fingerprint density at radius 3 is 2.59 bits per heavy atom. The molecule has 1 fully saturated rings. The lowest BCUT2D eigenvalue weighted by atomic mass is 10.3. The molecule has 148 valence electrons. The quantitative estimate of drug-likeness (QED) is 0.690. The lowest BCUT2D eigenvalue weighted by Crippen LogP contribution is -2.51. The maximum Gasteiger partial charge on any atom is 0.252 e. The fraction of sp³-hybridized carbons (Fsp3) is 0.500. The molecule has 0 bridgehead atoms. The van der Waals surface area contributed by atoms with Crippen LogP contribution in [-0.4, -0.2) is 73.4 Å². The summed E-state index contributed by atoms with van der Waals surface area (Å²) in [5, 5.41) is 3.87. The van der Waals surface area contributed by atoms with E-state index in [9.17, 15) is 13.2 Å². The highest BCUT2D eigenvalue weighted by Gasteiger charge is 2.28. The number of sulfonamides is 1. The van der Waals surface area contributed by atoms with Gasteiger partial charge in [-0.15, -0.1) is 11.3 Å². The monoisotopic (exact) mass is 432 g/mol. The van der Waals surface area contributed by atoms with E-state index in [-0.39, 0.29) is 16.7 Å². The van der Waals surface area contributed by atoms with Crippen molar-refractivity contribution < 1.29 is 17.7 Å². The van der Waals surface area contributed by atoms with Crippen LogP contribution in [0.3, 0.4) is 0 Å². The van der Waals surface area contributed by atoms with Gasteiger partial charge in [0.15, 0.2) is 5.76 Å². The van der Waals surface area contributed by atoms with Crippen molar-refractivity contribution in [1.82, 2.24) is 19.3 Å². The fourth-order valence-electron chi connectivity index (χ4n) is 2.83. The van der Waals surface area contributed by atoms with Gasteiger partial charge in [0, 0.05) is 39.3 Å². The SMILES string of the molecule is Cc1cc(CN2CCN(C(=O)CN(C)S(=O)(=O)c3ccc(Cl)s3)CC2)on1. The largest absolute Gasteiger partial charge is 0.360 e. The number of hydrogen-bond acceptors (Lipinski definition) is 7. The third-order valence-electron chi connectivity index (χ3n) is 4.35. The fourth-order valence-corrected chi connectivity index (χ4v) is 5.65. The molecular weight excluding hydrogens is 412 g/mol. The second-order valence-corrected chi connectivity index (χ2v) is 10.4. The lowest BCUT2D eigenvalue weighted by molar-refractivity contribution is -0.133. The molecule has 0 N–H and O–H groups in total. The van der Waals surface area contributed by atoms with Gasteiger partial charge in [0.25, 0.3) is 10.0 Å². The number of amides is 1. The first-order chi connectivity index (χ1) is 12.8. The van der Waals surface area contributed by atoms with Crippen molar-refractivity contribution in [3.05, 3.63) is 34.0 Å². The average molecular weight is 433 g/mol. The van der Waals surface area contributed by atoms with Gasteiger partial charge in [0.2, 0.25) is 5.91 Å². The normalized spacial score (nSPS) is 16.2. The number of likely N-dealkylation sites (N-methyl/N-ethyl adjacent to an activating group) is 1. The highest BCUT2D eigenvalue weighted by Crippen LogP contribution is 2.27. The third kappa shape index (κ3) is 4.88. The molecule has 1 saturated heterocycles. The van der Waals surface area contributed by atoms with Gasteiger partial charge in [-0.25, -0.2) is 8.42 Å². The molecule has 0 aromatic carbocycles. The van der Waals surface area contributed by atoms with E-state index < -0.39 is 10.0 Å². The molecule has 0 spiro atoms. The van der Waals surface area contributed by atoms with Crippen LogP contribution in [0, 0.1) is 6.92 Å². The molecule has 27 heavy (non-hydrogen) atoms. The molecule has 1 aliphatic rings. The van der Waals surface area contributed by atoms with E-state index >= 15 is 0 Å². The van der Waals surface area contributed by atoms with Crippen LogP contribution in [-0.2, 0) is 21.4 Å². The van der Waals surface area contributed by atoms with E-state index in [1.807, 2.05) is 13.0 Å². The van der Waals surface area contributed by atoms with E-state index in [4.69, 9.17) is 16.1 Å². The van der Waals surface area contributed by atoms with Crippen LogP contribution in [0.15, 0.2) is 26.9 Å². The second kappa shape index (κ2) is 8.27. The van der Waals surface area contributed by atoms with Crippen molar-refractivity contribution in [2.45, 2.75) is 17.7 Å². The predicted octanol–water partition coefficient (Wildman–Crippen LogP) is 1.66. The second-order valence-electron chi connectivity index (χ2n) is 6.41. The first kappa shape index (κ1) is 20.3. The molecule has 1 amide bonds. The van der Waals surface area contributed by atoms with Crippen LogP contribution < -0.4 is 0 Å². The van der Waals surface area contributed by atoms with Crippen molar-refractivity contribution in [2.75, 3.05) is 39.8 Å². The number of nitrogens with zero attached hydrogens (tertiary/aromatic N) is 4. The van der Waals surface area contributed by atoms with Gasteiger partial charge in [-0.1, -0.05) is 16.8 Å². The first-order valence-electron chi connectivity index (χ1n) is 8.40. The van der Waals surface area contributed by atoms with Gasteiger partial charge in [-0.2, -0.15) is 4.31 Å². The summed E-state index contributed by atoms with van der Waals surface area (Å²) < 4.78 is 31.8. The van der Waals surface area contributed by atoms with Gasteiger partial charge < -0.3 is 9.42 Å². The van der Waals surface area contributed by atoms with Crippen LogP contribution in [0.1, 0.15) is 11.5 Å². The molecule has 0 unspecified atom stereocenters. The summed E-state index contributed by atoms with van der Waals surface area (Å²) in [5.41, 5.74) is 0.843. The number of hydrogen-bond donors (Lipinski definition) is 0. The lowest BCUT2D eigenvalue weighted by Gasteiger charge is -2.34. The van der Waals surface area contributed by atoms with Crippen molar-refractivity contribution in [3.8, 4) is 0 Å². The Hall–Kier alpha value is -1.46. The third-order valence-corrected chi connectivity index (χ3v) is 7.85. The zero-order valence-electron chi connectivity index (χ0n) is 15.1. The van der Waals surface area contributed by atoms with E-state index in [0.717, 1.165) is 27.1 Å². The molecule has 1 aliphatic heterocycles. The number of piperazine rings is 1. The Morgan fingerprint density at radius 1 is 1.33 bits per heavy atom. The molecule has 0 radical (unpaired) electrons. The van der Waals surface area contributed by atoms with Crippen LogP contribution in [0.5, 0.6) is 0 Å². The molecule has 0 atom stereocenters. The van der Waals surface area contributed by atoms with Gasteiger partial charge in [0.1, 0.15) is 4.21 Å². The maximum absolute atomic E-state index is 12.5. The van der Waals surface area contributed by atoms with E-state index in [1.165, 1.54) is 19.2 Å². The zero-order valence-corrected chi connectivity index (χ0v) is 17.5. The predicted molar refractivity (Wildman–Crippen MR) is 102 cm³/mol. The standard InChI is InChI=1S/C16H21ClN4O4S2/c1-12-9-13(25-18-12)10-20-5-7-21(8-6-20)15(22)11-19(2)27(23,24)16-4-3-14(17)26-16/h3-4,9H,5-8,10-11H2,1-2H3. The smallest absolute Gasteiger partial charge is 0.252 e. The minimum absolute atomic E-state index is 0.134. The van der Waals surface area contributed by atoms with E-state index in [2.05, 4.69) is 10.1 Å². The number of carbonyl (C=O) groups is 1. The highest BCUT2D eigenvalue weighted by molar-refractivity contribution is 7.91. The topological polar surface area (TPSA) is 87.0 Å². The maximum atomic E-state index is 12.5. The molecule has 2 aromatic heterocycles. The number of aryl methyl sites for hydroxylation is 1. The Kier molecular flexibility index (Phi) is 6.21. The molecule has 11 heteroatoms. The summed E-state index contributed by atoms with van der Waals surface area (Å²) in [6.45, 7) is 4.81. The molecule has 8 nitrogen and oxygen atoms in total. The van der Waals surface area contributed by atoms with Gasteiger partial charge in [0.05, 0.1) is 23.1 Å². The highest BCUT2D eigenvalue weighted by atomic mass is 35.5. The van der Waals surface area contributed by atoms with Crippen LogP contribution in [0.4, 0.5) is 0 Å². The Morgan fingerprint density at radius 2 is 2.04 bits per heavy atom. The van der Waals surface area contributed by atoms with Crippen molar-refractivity contribution in [2.24, 2.45) is 0 Å². The summed E-state index contributed by atoms with van der Waals surface area (Å²) in [5.74, 6) is 0.589. The summed E-state index contributed by atoms with van der Waals surface area (Å²) in [6, 6.07) is 4.88. The summed E-state index contributed by atoms with van der Waals surface area (Å²) in [6.07, 6.45) is 0. The summed E-state index contributed by atoms with van der Waals surface area (Å²) in [4.78, 5) is 16.4. The van der Waals surface area contributed by atoms with Crippen LogP contribution >= 0.6 is 22.9 Å². The molecular formula is C16H21ClN4O4S2. The average Bonchev–Trinajstić information content (AvgIpc) is 3.24. The molecule has 0 aliphatic carbocycles. The van der Waals surface area contributed by atoms with Gasteiger partial charge in [-0.3, -0.25) is 9.69 Å². The first-order valence-corrected chi connectivity index (χ1v) is 11.0. The molecule has 3 heterocycles. The van der Waals surface area contributed by atoms with Crippen molar-refractivity contribution >= 4 is 38.9 Å². The van der Waals surface area contributed by atoms with E-state index in [1.54, 1.807) is 4.90 Å². The summed E-state index contributed by atoms with van der Waals surface area (Å²) in [7, 11) is -2.30. The molecule has 0 saturated carbocycles. The number of aromatic nitrogens is 1. The number of thiophene rings is 1. The Labute approximate surface area is 167 Å².